The van der Waals surface area contributed by atoms with Crippen LogP contribution in [-0.2, 0) is 9.59 Å². The first-order valence-electron chi connectivity index (χ1n) is 6.49. The number of carbonyl (C=O) groups is 2. The molecular formula is C17H12ClNO2. The van der Waals surface area contributed by atoms with Crippen LogP contribution in [0.5, 0.6) is 0 Å². The predicted molar refractivity (Wildman–Crippen MR) is 82.6 cm³/mol. The molecule has 0 aliphatic carbocycles. The fraction of sp³-hybridized carbons (Fsp3) is 0.0588. The van der Waals surface area contributed by atoms with Crippen molar-refractivity contribution < 1.29 is 9.59 Å². The summed E-state index contributed by atoms with van der Waals surface area (Å²) in [6.45, 7) is 1.97. The Morgan fingerprint density at radius 3 is 2.10 bits per heavy atom. The number of hydrogen-bond acceptors (Lipinski definition) is 2. The maximum absolute atomic E-state index is 12.1. The first-order valence-corrected chi connectivity index (χ1v) is 6.87. The standard InChI is InChI=1S/C17H12ClNO2/c1-10-5-7-11(8-6-10)14-15(17(21)19-16(14)20)12-3-2-4-13(18)9-12/h2-9H,1H3,(H,19,20,21). The summed E-state index contributed by atoms with van der Waals surface area (Å²) in [7, 11) is 0. The second-order valence-corrected chi connectivity index (χ2v) is 5.35. The summed E-state index contributed by atoms with van der Waals surface area (Å²) in [5.74, 6) is -0.767. The zero-order valence-corrected chi connectivity index (χ0v) is 12.1. The molecule has 1 heterocycles. The van der Waals surface area contributed by atoms with E-state index in [1.54, 1.807) is 24.3 Å². The maximum atomic E-state index is 12.1. The van der Waals surface area contributed by atoms with Gasteiger partial charge in [0, 0.05) is 5.02 Å². The number of hydrogen-bond donors (Lipinski definition) is 1. The zero-order chi connectivity index (χ0) is 15.0. The Hall–Kier alpha value is -2.39. The van der Waals surface area contributed by atoms with Gasteiger partial charge in [-0.05, 0) is 30.2 Å². The van der Waals surface area contributed by atoms with Crippen LogP contribution in [0.15, 0.2) is 48.5 Å². The molecule has 3 rings (SSSR count). The lowest BCUT2D eigenvalue weighted by molar-refractivity contribution is -0.122. The van der Waals surface area contributed by atoms with Crippen molar-refractivity contribution >= 4 is 34.6 Å². The van der Waals surface area contributed by atoms with Crippen LogP contribution in [0.25, 0.3) is 11.1 Å². The van der Waals surface area contributed by atoms with E-state index in [4.69, 9.17) is 11.6 Å². The molecule has 3 nitrogen and oxygen atoms in total. The molecule has 0 aromatic heterocycles. The molecule has 0 bridgehead atoms. The van der Waals surface area contributed by atoms with Gasteiger partial charge in [-0.15, -0.1) is 0 Å². The molecule has 1 N–H and O–H groups in total. The molecule has 2 aromatic carbocycles. The minimum atomic E-state index is -0.391. The monoisotopic (exact) mass is 297 g/mol. The number of benzene rings is 2. The second kappa shape index (κ2) is 5.19. The Morgan fingerprint density at radius 2 is 1.48 bits per heavy atom. The molecule has 0 unspecified atom stereocenters. The molecule has 2 aromatic rings. The molecule has 0 fully saturated rings. The van der Waals surface area contributed by atoms with E-state index in [9.17, 15) is 9.59 Å². The van der Waals surface area contributed by atoms with Gasteiger partial charge in [-0.2, -0.15) is 0 Å². The van der Waals surface area contributed by atoms with Gasteiger partial charge in [-0.25, -0.2) is 0 Å². The maximum Gasteiger partial charge on any atom is 0.259 e. The number of imide groups is 1. The highest BCUT2D eigenvalue weighted by Crippen LogP contribution is 2.32. The van der Waals surface area contributed by atoms with E-state index in [0.717, 1.165) is 11.1 Å². The lowest BCUT2D eigenvalue weighted by Crippen LogP contribution is -2.22. The van der Waals surface area contributed by atoms with E-state index >= 15 is 0 Å². The van der Waals surface area contributed by atoms with E-state index < -0.39 is 5.91 Å². The Balaban J connectivity index is 2.22. The third-order valence-corrected chi connectivity index (χ3v) is 3.62. The molecule has 0 spiro atoms. The zero-order valence-electron chi connectivity index (χ0n) is 11.3. The van der Waals surface area contributed by atoms with Crippen molar-refractivity contribution in [2.75, 3.05) is 0 Å². The lowest BCUT2D eigenvalue weighted by Gasteiger charge is -2.05. The quantitative estimate of drug-likeness (QED) is 0.865. The van der Waals surface area contributed by atoms with Crippen molar-refractivity contribution in [1.82, 2.24) is 5.32 Å². The van der Waals surface area contributed by atoms with Crippen LogP contribution in [0.2, 0.25) is 5.02 Å². The van der Waals surface area contributed by atoms with Crippen LogP contribution in [0.1, 0.15) is 16.7 Å². The minimum absolute atomic E-state index is 0.367. The number of carbonyl (C=O) groups excluding carboxylic acids is 2. The Labute approximate surface area is 127 Å². The predicted octanol–water partition coefficient (Wildman–Crippen LogP) is 3.22. The van der Waals surface area contributed by atoms with Crippen LogP contribution in [0, 0.1) is 6.92 Å². The minimum Gasteiger partial charge on any atom is -0.288 e. The molecule has 4 heteroatoms. The first-order chi connectivity index (χ1) is 10.1. The normalized spacial score (nSPS) is 14.6. The van der Waals surface area contributed by atoms with Crippen molar-refractivity contribution in [3.8, 4) is 0 Å². The molecule has 0 saturated heterocycles. The SMILES string of the molecule is Cc1ccc(C2=C(c3cccc(Cl)c3)C(=O)NC2=O)cc1. The first kappa shape index (κ1) is 13.6. The van der Waals surface area contributed by atoms with Gasteiger partial charge in [0.25, 0.3) is 11.8 Å². The van der Waals surface area contributed by atoms with E-state index in [1.807, 2.05) is 31.2 Å². The Morgan fingerprint density at radius 1 is 0.857 bits per heavy atom. The van der Waals surface area contributed by atoms with Gasteiger partial charge in [0.15, 0.2) is 0 Å². The fourth-order valence-electron chi connectivity index (χ4n) is 2.37. The number of aryl methyl sites for hydroxylation is 1. The second-order valence-electron chi connectivity index (χ2n) is 4.91. The summed E-state index contributed by atoms with van der Waals surface area (Å²) < 4.78 is 0. The molecule has 0 radical (unpaired) electrons. The summed E-state index contributed by atoms with van der Waals surface area (Å²) in [5.41, 5.74) is 3.21. The molecule has 1 aliphatic heterocycles. The van der Waals surface area contributed by atoms with Crippen LogP contribution >= 0.6 is 11.6 Å². The van der Waals surface area contributed by atoms with Crippen molar-refractivity contribution in [1.29, 1.82) is 0 Å². The third kappa shape index (κ3) is 2.48. The van der Waals surface area contributed by atoms with Crippen molar-refractivity contribution in [2.45, 2.75) is 6.92 Å². The average molecular weight is 298 g/mol. The van der Waals surface area contributed by atoms with Crippen LogP contribution in [-0.4, -0.2) is 11.8 Å². The summed E-state index contributed by atoms with van der Waals surface area (Å²) in [4.78, 5) is 24.2. The number of nitrogens with one attached hydrogen (secondary N) is 1. The van der Waals surface area contributed by atoms with Gasteiger partial charge in [-0.3, -0.25) is 14.9 Å². The van der Waals surface area contributed by atoms with Crippen molar-refractivity contribution in [3.05, 3.63) is 70.2 Å². The Bertz CT molecular complexity index is 776. The smallest absolute Gasteiger partial charge is 0.259 e. The van der Waals surface area contributed by atoms with Crippen LogP contribution in [0.4, 0.5) is 0 Å². The van der Waals surface area contributed by atoms with Gasteiger partial charge in [0.1, 0.15) is 0 Å². The van der Waals surface area contributed by atoms with Gasteiger partial charge in [0.2, 0.25) is 0 Å². The highest BCUT2D eigenvalue weighted by Gasteiger charge is 2.32. The summed E-state index contributed by atoms with van der Waals surface area (Å²) in [6, 6.07) is 14.4. The molecule has 104 valence electrons. The van der Waals surface area contributed by atoms with E-state index in [-0.39, 0.29) is 5.91 Å². The Kier molecular flexibility index (Phi) is 3.35. The summed E-state index contributed by atoms with van der Waals surface area (Å²) in [5, 5.41) is 2.88. The fourth-order valence-corrected chi connectivity index (χ4v) is 2.56. The molecular weight excluding hydrogens is 286 g/mol. The topological polar surface area (TPSA) is 46.2 Å². The van der Waals surface area contributed by atoms with Crippen LogP contribution in [0.3, 0.4) is 0 Å². The lowest BCUT2D eigenvalue weighted by atomic mass is 9.96. The average Bonchev–Trinajstić information content (AvgIpc) is 2.74. The van der Waals surface area contributed by atoms with Gasteiger partial charge < -0.3 is 0 Å². The van der Waals surface area contributed by atoms with Crippen molar-refractivity contribution in [3.63, 3.8) is 0 Å². The molecule has 0 atom stereocenters. The van der Waals surface area contributed by atoms with E-state index in [1.165, 1.54) is 0 Å². The van der Waals surface area contributed by atoms with Crippen molar-refractivity contribution in [2.24, 2.45) is 0 Å². The molecule has 21 heavy (non-hydrogen) atoms. The highest BCUT2D eigenvalue weighted by atomic mass is 35.5. The summed E-state index contributed by atoms with van der Waals surface area (Å²) >= 11 is 5.98. The van der Waals surface area contributed by atoms with Gasteiger partial charge >= 0.3 is 0 Å². The van der Waals surface area contributed by atoms with E-state index in [2.05, 4.69) is 5.32 Å². The molecule has 2 amide bonds. The number of rotatable bonds is 2. The molecule has 1 aliphatic rings. The highest BCUT2D eigenvalue weighted by molar-refractivity contribution is 6.49. The third-order valence-electron chi connectivity index (χ3n) is 3.38. The number of halogens is 1. The van der Waals surface area contributed by atoms with E-state index in [0.29, 0.717) is 21.7 Å². The van der Waals surface area contributed by atoms with Gasteiger partial charge in [-0.1, -0.05) is 53.6 Å². The van der Waals surface area contributed by atoms with Crippen LogP contribution < -0.4 is 5.32 Å². The number of amides is 2. The summed E-state index contributed by atoms with van der Waals surface area (Å²) in [6.07, 6.45) is 0. The molecule has 0 saturated carbocycles. The largest absolute Gasteiger partial charge is 0.288 e. The van der Waals surface area contributed by atoms with Gasteiger partial charge in [0.05, 0.1) is 11.1 Å².